The molecular formula is C10H13FN2O4S. The van der Waals surface area contributed by atoms with E-state index in [0.717, 1.165) is 12.1 Å². The van der Waals surface area contributed by atoms with Crippen LogP contribution in [0.3, 0.4) is 0 Å². The number of carboxylic acids is 1. The Bertz CT molecular complexity index is 559. The van der Waals surface area contributed by atoms with Gasteiger partial charge < -0.3 is 10.4 Å². The average molecular weight is 276 g/mol. The molecule has 0 amide bonds. The number of nitrogens with two attached hydrogens (primary N) is 1. The van der Waals surface area contributed by atoms with Crippen LogP contribution in [0.25, 0.3) is 0 Å². The van der Waals surface area contributed by atoms with Crippen LogP contribution in [-0.2, 0) is 14.8 Å². The van der Waals surface area contributed by atoms with Crippen molar-refractivity contribution in [1.29, 1.82) is 0 Å². The zero-order valence-electron chi connectivity index (χ0n) is 9.55. The summed E-state index contributed by atoms with van der Waals surface area (Å²) in [7, 11) is -3.95. The predicted molar refractivity (Wildman–Crippen MR) is 63.1 cm³/mol. The zero-order valence-corrected chi connectivity index (χ0v) is 10.4. The fourth-order valence-electron chi connectivity index (χ4n) is 1.17. The molecular weight excluding hydrogens is 263 g/mol. The number of hydrogen-bond acceptors (Lipinski definition) is 4. The molecule has 1 unspecified atom stereocenters. The van der Waals surface area contributed by atoms with Crippen LogP contribution in [0.15, 0.2) is 23.1 Å². The van der Waals surface area contributed by atoms with Crippen molar-refractivity contribution in [2.45, 2.75) is 11.8 Å². The fraction of sp³-hybridized carbons (Fsp3) is 0.300. The van der Waals surface area contributed by atoms with E-state index in [9.17, 15) is 17.6 Å². The molecule has 8 heteroatoms. The van der Waals surface area contributed by atoms with E-state index in [2.05, 4.69) is 5.32 Å². The zero-order chi connectivity index (χ0) is 13.9. The van der Waals surface area contributed by atoms with E-state index in [1.165, 1.54) is 13.0 Å². The van der Waals surface area contributed by atoms with E-state index in [1.54, 1.807) is 0 Å². The third-order valence-corrected chi connectivity index (χ3v) is 3.20. The predicted octanol–water partition coefficient (Wildman–Crippen LogP) is 0.606. The van der Waals surface area contributed by atoms with Crippen molar-refractivity contribution in [3.63, 3.8) is 0 Å². The van der Waals surface area contributed by atoms with Crippen molar-refractivity contribution in [2.75, 3.05) is 11.9 Å². The van der Waals surface area contributed by atoms with Crippen molar-refractivity contribution in [2.24, 2.45) is 11.1 Å². The summed E-state index contributed by atoms with van der Waals surface area (Å²) in [6.07, 6.45) is 0. The number of nitrogens with one attached hydrogen (secondary N) is 1. The molecule has 0 saturated carbocycles. The Kier molecular flexibility index (Phi) is 4.25. The lowest BCUT2D eigenvalue weighted by atomic mass is 10.2. The molecule has 18 heavy (non-hydrogen) atoms. The van der Waals surface area contributed by atoms with E-state index in [-0.39, 0.29) is 17.1 Å². The maximum Gasteiger partial charge on any atom is 0.308 e. The third-order valence-electron chi connectivity index (χ3n) is 2.29. The summed E-state index contributed by atoms with van der Waals surface area (Å²) in [5.41, 5.74) is 0.0236. The van der Waals surface area contributed by atoms with Crippen LogP contribution in [0.2, 0.25) is 0 Å². The number of rotatable bonds is 5. The van der Waals surface area contributed by atoms with Gasteiger partial charge in [-0.15, -0.1) is 0 Å². The highest BCUT2D eigenvalue weighted by atomic mass is 32.2. The second-order valence-corrected chi connectivity index (χ2v) is 5.37. The average Bonchev–Trinajstić information content (AvgIpc) is 2.25. The normalized spacial score (nSPS) is 13.1. The van der Waals surface area contributed by atoms with Crippen LogP contribution in [0, 0.1) is 11.7 Å². The van der Waals surface area contributed by atoms with Gasteiger partial charge in [-0.2, -0.15) is 0 Å². The molecule has 1 rings (SSSR count). The first-order valence-corrected chi connectivity index (χ1v) is 6.55. The molecule has 1 aromatic rings. The highest BCUT2D eigenvalue weighted by Crippen LogP contribution is 2.18. The number of anilines is 1. The SMILES string of the molecule is CC(CNc1ccc(S(N)(=O)=O)cc1F)C(=O)O. The number of hydrogen-bond donors (Lipinski definition) is 3. The molecule has 0 saturated heterocycles. The first-order chi connectivity index (χ1) is 8.21. The minimum absolute atomic E-state index is 0.0236. The summed E-state index contributed by atoms with van der Waals surface area (Å²) in [5.74, 6) is -2.51. The number of primary sulfonamides is 1. The summed E-state index contributed by atoms with van der Waals surface area (Å²) in [5, 5.41) is 16.1. The standard InChI is InChI=1S/C10H13FN2O4S/c1-6(10(14)15)5-13-9-3-2-7(4-8(9)11)18(12,16)17/h2-4,6,13H,5H2,1H3,(H,14,15)(H2,12,16,17). The van der Waals surface area contributed by atoms with E-state index in [0.29, 0.717) is 0 Å². The first kappa shape index (κ1) is 14.4. The number of carboxylic acid groups (broad SMARTS) is 1. The molecule has 0 heterocycles. The Balaban J connectivity index is 2.84. The monoisotopic (exact) mass is 276 g/mol. The fourth-order valence-corrected chi connectivity index (χ4v) is 1.69. The molecule has 6 nitrogen and oxygen atoms in total. The maximum absolute atomic E-state index is 13.5. The van der Waals surface area contributed by atoms with E-state index >= 15 is 0 Å². The van der Waals surface area contributed by atoms with Gasteiger partial charge in [0.05, 0.1) is 16.5 Å². The van der Waals surface area contributed by atoms with Gasteiger partial charge in [0, 0.05) is 6.54 Å². The Morgan fingerprint density at radius 2 is 2.17 bits per heavy atom. The van der Waals surface area contributed by atoms with Crippen LogP contribution in [0.1, 0.15) is 6.92 Å². The van der Waals surface area contributed by atoms with Gasteiger partial charge in [0.25, 0.3) is 0 Å². The van der Waals surface area contributed by atoms with Crippen LogP contribution < -0.4 is 10.5 Å². The van der Waals surface area contributed by atoms with E-state index < -0.39 is 27.7 Å². The number of sulfonamides is 1. The topological polar surface area (TPSA) is 109 Å². The molecule has 0 aliphatic carbocycles. The highest BCUT2D eigenvalue weighted by Gasteiger charge is 2.14. The number of carbonyl (C=O) groups is 1. The third kappa shape index (κ3) is 3.67. The van der Waals surface area contributed by atoms with Gasteiger partial charge in [0.2, 0.25) is 10.0 Å². The summed E-state index contributed by atoms with van der Waals surface area (Å²) in [6, 6.07) is 3.12. The van der Waals surface area contributed by atoms with Crippen molar-refractivity contribution < 1.29 is 22.7 Å². The second kappa shape index (κ2) is 5.32. The number of halogens is 1. The van der Waals surface area contributed by atoms with Gasteiger partial charge >= 0.3 is 5.97 Å². The van der Waals surface area contributed by atoms with E-state index in [4.69, 9.17) is 10.2 Å². The minimum atomic E-state index is -3.95. The van der Waals surface area contributed by atoms with Gasteiger partial charge in [-0.05, 0) is 18.2 Å². The Hall–Kier alpha value is -1.67. The molecule has 100 valence electrons. The van der Waals surface area contributed by atoms with Crippen molar-refractivity contribution in [3.8, 4) is 0 Å². The second-order valence-electron chi connectivity index (χ2n) is 3.81. The van der Waals surface area contributed by atoms with Crippen LogP contribution in [-0.4, -0.2) is 26.0 Å². The van der Waals surface area contributed by atoms with Gasteiger partial charge in [-0.3, -0.25) is 4.79 Å². The lowest BCUT2D eigenvalue weighted by Gasteiger charge is -2.11. The Morgan fingerprint density at radius 3 is 2.61 bits per heavy atom. The molecule has 0 spiro atoms. The first-order valence-electron chi connectivity index (χ1n) is 5.01. The van der Waals surface area contributed by atoms with Gasteiger partial charge in [-0.25, -0.2) is 17.9 Å². The van der Waals surface area contributed by atoms with Crippen LogP contribution >= 0.6 is 0 Å². The van der Waals surface area contributed by atoms with Crippen LogP contribution in [0.4, 0.5) is 10.1 Å². The molecule has 0 radical (unpaired) electrons. The van der Waals surface area contributed by atoms with E-state index in [1.807, 2.05) is 0 Å². The quantitative estimate of drug-likeness (QED) is 0.729. The van der Waals surface area contributed by atoms with Crippen molar-refractivity contribution in [3.05, 3.63) is 24.0 Å². The molecule has 0 bridgehead atoms. The largest absolute Gasteiger partial charge is 0.481 e. The number of benzene rings is 1. The summed E-state index contributed by atoms with van der Waals surface area (Å²) in [6.45, 7) is 1.49. The summed E-state index contributed by atoms with van der Waals surface area (Å²) < 4.78 is 35.4. The summed E-state index contributed by atoms with van der Waals surface area (Å²) in [4.78, 5) is 10.2. The maximum atomic E-state index is 13.5. The summed E-state index contributed by atoms with van der Waals surface area (Å²) >= 11 is 0. The minimum Gasteiger partial charge on any atom is -0.481 e. The highest BCUT2D eigenvalue weighted by molar-refractivity contribution is 7.89. The van der Waals surface area contributed by atoms with Gasteiger partial charge in [-0.1, -0.05) is 6.92 Å². The van der Waals surface area contributed by atoms with Crippen LogP contribution in [0.5, 0.6) is 0 Å². The van der Waals surface area contributed by atoms with Gasteiger partial charge in [0.15, 0.2) is 0 Å². The smallest absolute Gasteiger partial charge is 0.308 e. The lowest BCUT2D eigenvalue weighted by Crippen LogP contribution is -2.20. The molecule has 0 aromatic heterocycles. The van der Waals surface area contributed by atoms with Crippen molar-refractivity contribution in [1.82, 2.24) is 0 Å². The Morgan fingerprint density at radius 1 is 1.56 bits per heavy atom. The molecule has 1 atom stereocenters. The van der Waals surface area contributed by atoms with Gasteiger partial charge in [0.1, 0.15) is 5.82 Å². The molecule has 0 aliphatic rings. The van der Waals surface area contributed by atoms with Crippen molar-refractivity contribution >= 4 is 21.7 Å². The molecule has 0 aliphatic heterocycles. The molecule has 4 N–H and O–H groups in total. The number of aliphatic carboxylic acids is 1. The molecule has 0 fully saturated rings. The molecule has 1 aromatic carbocycles. The Labute approximate surface area is 104 Å². The lowest BCUT2D eigenvalue weighted by molar-refractivity contribution is -0.140.